The molecular weight excluding hydrogens is 376 g/mol. The van der Waals surface area contributed by atoms with Crippen LogP contribution in [0.1, 0.15) is 20.8 Å². The Hall–Kier alpha value is -2.43. The molecule has 0 fully saturated rings. The summed E-state index contributed by atoms with van der Waals surface area (Å²) in [6.07, 6.45) is -0.656. The molecule has 0 aliphatic carbocycles. The molecule has 0 radical (unpaired) electrons. The summed E-state index contributed by atoms with van der Waals surface area (Å²) in [4.78, 5) is 11.6. The predicted molar refractivity (Wildman–Crippen MR) is 96.3 cm³/mol. The van der Waals surface area contributed by atoms with Crippen LogP contribution in [-0.4, -0.2) is 33.6 Å². The summed E-state index contributed by atoms with van der Waals surface area (Å²) in [6, 6.07) is 5.99. The minimum atomic E-state index is -4.17. The van der Waals surface area contributed by atoms with E-state index in [0.29, 0.717) is 5.56 Å². The topological polar surface area (TPSA) is 116 Å². The van der Waals surface area contributed by atoms with Gasteiger partial charge in [0.15, 0.2) is 9.84 Å². The van der Waals surface area contributed by atoms with Gasteiger partial charge >= 0.3 is 13.1 Å². The molecule has 142 valence electrons. The number of nitrogens with two attached hydrogens (primary N) is 1. The molecule has 3 rings (SSSR count). The molecule has 0 unspecified atom stereocenters. The van der Waals surface area contributed by atoms with Crippen LogP contribution in [0.2, 0.25) is 0 Å². The first-order chi connectivity index (χ1) is 13.9. The molecular formula is C17H17BFNO6S. The number of sulfone groups is 1. The molecule has 1 heterocycles. The van der Waals surface area contributed by atoms with Crippen LogP contribution in [0.4, 0.5) is 10.1 Å². The van der Waals surface area contributed by atoms with Crippen LogP contribution < -0.4 is 11.2 Å². The molecule has 1 aliphatic rings. The van der Waals surface area contributed by atoms with E-state index in [1.165, 1.54) is 18.2 Å². The van der Waals surface area contributed by atoms with Gasteiger partial charge in [-0.15, -0.1) is 0 Å². The van der Waals surface area contributed by atoms with Gasteiger partial charge in [-0.3, -0.25) is 4.79 Å². The number of nitrogen functional groups attached to an aromatic ring is 1. The van der Waals surface area contributed by atoms with Gasteiger partial charge in [0.25, 0.3) is 0 Å². The minimum Gasteiger partial charge on any atom is -0.469 e. The maximum Gasteiger partial charge on any atom is 0.491 e. The van der Waals surface area contributed by atoms with Crippen LogP contribution in [0, 0.1) is 5.82 Å². The summed E-state index contributed by atoms with van der Waals surface area (Å²) >= 11 is 0. The summed E-state index contributed by atoms with van der Waals surface area (Å²) in [5, 5.41) is 9.77. The van der Waals surface area contributed by atoms with Crippen molar-refractivity contribution in [3.05, 3.63) is 52.8 Å². The van der Waals surface area contributed by atoms with E-state index in [-0.39, 0.29) is 33.8 Å². The van der Waals surface area contributed by atoms with Gasteiger partial charge in [0.1, 0.15) is 5.82 Å². The van der Waals surface area contributed by atoms with Gasteiger partial charge in [-0.25, -0.2) is 12.8 Å². The second-order valence-corrected chi connectivity index (χ2v) is 8.04. The molecule has 0 spiro atoms. The highest BCUT2D eigenvalue weighted by Crippen LogP contribution is 2.25. The average molecular weight is 396 g/mol. The van der Waals surface area contributed by atoms with Crippen molar-refractivity contribution >= 4 is 34.1 Å². The highest BCUT2D eigenvalue weighted by atomic mass is 32.2. The first kappa shape index (κ1) is 15.6. The Balaban J connectivity index is 1.94. The SMILES string of the molecule is [2H]C([2H])([2H])OC(=O)Cc1cc(N)ccc1S(=O)(=O)Cc1cc2c(cc1F)COB2O. The minimum absolute atomic E-state index is 0.00810. The van der Waals surface area contributed by atoms with Crippen molar-refractivity contribution in [3.63, 3.8) is 0 Å². The monoisotopic (exact) mass is 396 g/mol. The standard InChI is InChI=1S/C17H17BFNO6S/c1-25-17(21)7-10-4-13(20)2-3-16(10)27(23,24)9-12-5-14-11(6-15(12)19)8-26-18(14)22/h2-6,22H,7-9,20H2,1H3/i1D3. The summed E-state index contributed by atoms with van der Waals surface area (Å²) in [6.45, 7) is 0.00810. The Morgan fingerprint density at radius 2 is 2.19 bits per heavy atom. The van der Waals surface area contributed by atoms with E-state index in [1.807, 2.05) is 0 Å². The third-order valence-electron chi connectivity index (χ3n) is 4.18. The molecule has 0 bridgehead atoms. The zero-order valence-corrected chi connectivity index (χ0v) is 14.8. The maximum atomic E-state index is 14.4. The number of anilines is 1. The Kier molecular flexibility index (Phi) is 4.22. The molecule has 0 atom stereocenters. The Morgan fingerprint density at radius 3 is 2.93 bits per heavy atom. The Labute approximate surface area is 160 Å². The van der Waals surface area contributed by atoms with Crippen molar-refractivity contribution in [1.29, 1.82) is 0 Å². The summed E-state index contributed by atoms with van der Waals surface area (Å²) in [5.74, 6) is -2.71. The Bertz CT molecular complexity index is 1110. The first-order valence-electron chi connectivity index (χ1n) is 9.29. The maximum absolute atomic E-state index is 14.4. The van der Waals surface area contributed by atoms with Crippen LogP contribution in [0.15, 0.2) is 35.2 Å². The van der Waals surface area contributed by atoms with E-state index < -0.39 is 48.0 Å². The number of carbonyl (C=O) groups is 1. The molecule has 10 heteroatoms. The lowest BCUT2D eigenvalue weighted by Crippen LogP contribution is -2.29. The van der Waals surface area contributed by atoms with E-state index in [2.05, 4.69) is 4.74 Å². The van der Waals surface area contributed by atoms with Gasteiger partial charge < -0.3 is 20.1 Å². The van der Waals surface area contributed by atoms with Crippen LogP contribution in [0.5, 0.6) is 0 Å². The van der Waals surface area contributed by atoms with Crippen molar-refractivity contribution in [2.45, 2.75) is 23.7 Å². The second kappa shape index (κ2) is 7.30. The van der Waals surface area contributed by atoms with Gasteiger partial charge in [-0.2, -0.15) is 0 Å². The zero-order valence-electron chi connectivity index (χ0n) is 16.9. The smallest absolute Gasteiger partial charge is 0.469 e. The normalized spacial score (nSPS) is 15.6. The molecule has 27 heavy (non-hydrogen) atoms. The fourth-order valence-corrected chi connectivity index (χ4v) is 4.51. The van der Waals surface area contributed by atoms with Gasteiger partial charge in [-0.1, -0.05) is 6.07 Å². The molecule has 3 N–H and O–H groups in total. The summed E-state index contributed by atoms with van der Waals surface area (Å²) in [5.41, 5.74) is 6.25. The van der Waals surface area contributed by atoms with Crippen molar-refractivity contribution in [3.8, 4) is 0 Å². The number of methoxy groups -OCH3 is 1. The first-order valence-corrected chi connectivity index (χ1v) is 9.45. The summed E-state index contributed by atoms with van der Waals surface area (Å²) in [7, 11) is -8.43. The van der Waals surface area contributed by atoms with Gasteiger partial charge in [0.2, 0.25) is 0 Å². The van der Waals surface area contributed by atoms with E-state index in [4.69, 9.17) is 14.5 Å². The molecule has 2 aromatic carbocycles. The number of hydrogen-bond donors (Lipinski definition) is 2. The lowest BCUT2D eigenvalue weighted by Gasteiger charge is -2.12. The van der Waals surface area contributed by atoms with Gasteiger partial charge in [-0.05, 0) is 40.9 Å². The molecule has 7 nitrogen and oxygen atoms in total. The van der Waals surface area contributed by atoms with E-state index in [0.717, 1.165) is 12.1 Å². The van der Waals surface area contributed by atoms with E-state index >= 15 is 0 Å². The molecule has 1 aliphatic heterocycles. The lowest BCUT2D eigenvalue weighted by molar-refractivity contribution is -0.139. The van der Waals surface area contributed by atoms with Crippen LogP contribution in [-0.2, 0) is 42.8 Å². The van der Waals surface area contributed by atoms with Crippen molar-refractivity contribution < 1.29 is 36.1 Å². The number of carbonyl (C=O) groups excluding carboxylic acids is 1. The molecule has 0 saturated heterocycles. The van der Waals surface area contributed by atoms with E-state index in [9.17, 15) is 22.6 Å². The highest BCUT2D eigenvalue weighted by molar-refractivity contribution is 7.90. The largest absolute Gasteiger partial charge is 0.491 e. The number of halogens is 1. The molecule has 0 saturated carbocycles. The van der Waals surface area contributed by atoms with Crippen LogP contribution in [0.25, 0.3) is 0 Å². The molecule has 0 amide bonds. The predicted octanol–water partition coefficient (Wildman–Crippen LogP) is 0.315. The number of ether oxygens (including phenoxy) is 1. The van der Waals surface area contributed by atoms with Crippen molar-refractivity contribution in [2.24, 2.45) is 0 Å². The average Bonchev–Trinajstić information content (AvgIpc) is 2.93. The van der Waals surface area contributed by atoms with Gasteiger partial charge in [0.05, 0.1) is 34.8 Å². The zero-order chi connectivity index (χ0) is 22.3. The lowest BCUT2D eigenvalue weighted by atomic mass is 9.79. The Morgan fingerprint density at radius 1 is 1.41 bits per heavy atom. The molecule has 0 aromatic heterocycles. The molecule has 2 aromatic rings. The van der Waals surface area contributed by atoms with Crippen LogP contribution in [0.3, 0.4) is 0 Å². The van der Waals surface area contributed by atoms with Crippen molar-refractivity contribution in [2.75, 3.05) is 12.8 Å². The van der Waals surface area contributed by atoms with E-state index in [1.54, 1.807) is 0 Å². The number of rotatable bonds is 5. The third-order valence-corrected chi connectivity index (χ3v) is 5.94. The highest BCUT2D eigenvalue weighted by Gasteiger charge is 2.30. The van der Waals surface area contributed by atoms with Gasteiger partial charge in [0, 0.05) is 11.3 Å². The van der Waals surface area contributed by atoms with Crippen molar-refractivity contribution in [1.82, 2.24) is 0 Å². The number of esters is 1. The number of benzene rings is 2. The number of fused-ring (bicyclic) bond motifs is 1. The summed E-state index contributed by atoms with van der Waals surface area (Å²) < 4.78 is 70.5. The third kappa shape index (κ3) is 3.97. The second-order valence-electron chi connectivity index (χ2n) is 6.08. The number of hydrogen-bond acceptors (Lipinski definition) is 7. The van der Waals surface area contributed by atoms with Crippen LogP contribution >= 0.6 is 0 Å². The quantitative estimate of drug-likeness (QED) is 0.425. The fraction of sp³-hybridized carbons (Fsp3) is 0.235. The fourth-order valence-electron chi connectivity index (χ4n) is 2.92.